The molecule has 0 spiro atoms. The van der Waals surface area contributed by atoms with Crippen LogP contribution >= 0.6 is 0 Å². The molecule has 1 aromatic carbocycles. The highest BCUT2D eigenvalue weighted by molar-refractivity contribution is 5.88. The van der Waals surface area contributed by atoms with Crippen LogP contribution in [0.15, 0.2) is 0 Å². The van der Waals surface area contributed by atoms with E-state index in [1.807, 2.05) is 0 Å². The van der Waals surface area contributed by atoms with Crippen LogP contribution in [0.1, 0.15) is 29.3 Å². The van der Waals surface area contributed by atoms with E-state index in [9.17, 15) is 22.4 Å². The van der Waals surface area contributed by atoms with Gasteiger partial charge in [-0.1, -0.05) is 13.3 Å². The second-order valence-electron chi connectivity index (χ2n) is 3.16. The van der Waals surface area contributed by atoms with Crippen LogP contribution in [0.25, 0.3) is 0 Å². The number of carbonyl (C=O) groups is 1. The monoisotopic (exact) mass is 236 g/mol. The van der Waals surface area contributed by atoms with Gasteiger partial charge in [0.1, 0.15) is 5.56 Å². The van der Waals surface area contributed by atoms with Crippen LogP contribution in [-0.4, -0.2) is 11.1 Å². The second kappa shape index (κ2) is 4.51. The lowest BCUT2D eigenvalue weighted by Gasteiger charge is -2.08. The standard InChI is InChI=1S/C10H8F4O2/c1-2-3-4-6(11)8(13)5(10(15)16)9(14)7(4)12/h2-3H2,1H3,(H,15,16). The predicted molar refractivity (Wildman–Crippen MR) is 47.2 cm³/mol. The van der Waals surface area contributed by atoms with E-state index in [0.29, 0.717) is 0 Å². The van der Waals surface area contributed by atoms with Gasteiger partial charge in [-0.2, -0.15) is 0 Å². The molecular formula is C10H8F4O2. The molecule has 6 heteroatoms. The fourth-order valence-corrected chi connectivity index (χ4v) is 1.33. The van der Waals surface area contributed by atoms with Crippen molar-refractivity contribution in [3.63, 3.8) is 0 Å². The fourth-order valence-electron chi connectivity index (χ4n) is 1.33. The summed E-state index contributed by atoms with van der Waals surface area (Å²) in [7, 11) is 0. The molecule has 0 radical (unpaired) electrons. The van der Waals surface area contributed by atoms with E-state index in [4.69, 9.17) is 5.11 Å². The molecule has 88 valence electrons. The van der Waals surface area contributed by atoms with Crippen molar-refractivity contribution in [3.05, 3.63) is 34.4 Å². The summed E-state index contributed by atoms with van der Waals surface area (Å²) < 4.78 is 52.6. The third-order valence-electron chi connectivity index (χ3n) is 2.07. The number of benzene rings is 1. The number of aromatic carboxylic acids is 1. The smallest absolute Gasteiger partial charge is 0.341 e. The molecule has 0 heterocycles. The molecule has 0 aliphatic carbocycles. The minimum Gasteiger partial charge on any atom is -0.477 e. The summed E-state index contributed by atoms with van der Waals surface area (Å²) in [5.41, 5.74) is -2.36. The molecule has 16 heavy (non-hydrogen) atoms. The van der Waals surface area contributed by atoms with Crippen molar-refractivity contribution >= 4 is 5.97 Å². The van der Waals surface area contributed by atoms with Crippen LogP contribution in [0.5, 0.6) is 0 Å². The van der Waals surface area contributed by atoms with Gasteiger partial charge in [-0.05, 0) is 6.42 Å². The zero-order valence-corrected chi connectivity index (χ0v) is 8.28. The quantitative estimate of drug-likeness (QED) is 0.647. The first-order valence-corrected chi connectivity index (χ1v) is 4.49. The maximum absolute atomic E-state index is 13.2. The highest BCUT2D eigenvalue weighted by Crippen LogP contribution is 2.25. The lowest BCUT2D eigenvalue weighted by atomic mass is 10.0. The lowest BCUT2D eigenvalue weighted by Crippen LogP contribution is -2.13. The Labute approximate surface area is 88.5 Å². The summed E-state index contributed by atoms with van der Waals surface area (Å²) in [4.78, 5) is 10.4. The number of carboxylic acids is 1. The minimum absolute atomic E-state index is 0.203. The van der Waals surface area contributed by atoms with Gasteiger partial charge in [0.15, 0.2) is 23.3 Å². The van der Waals surface area contributed by atoms with Gasteiger partial charge in [0.05, 0.1) is 0 Å². The Bertz CT molecular complexity index is 414. The Morgan fingerprint density at radius 3 is 1.81 bits per heavy atom. The molecule has 0 bridgehead atoms. The van der Waals surface area contributed by atoms with Crippen LogP contribution < -0.4 is 0 Å². The normalized spacial score (nSPS) is 10.6. The van der Waals surface area contributed by atoms with Crippen LogP contribution in [0.3, 0.4) is 0 Å². The SMILES string of the molecule is CCCc1c(F)c(F)c(C(=O)O)c(F)c1F. The van der Waals surface area contributed by atoms with E-state index in [1.54, 1.807) is 6.92 Å². The van der Waals surface area contributed by atoms with Gasteiger partial charge in [0.25, 0.3) is 0 Å². The van der Waals surface area contributed by atoms with Gasteiger partial charge < -0.3 is 5.11 Å². The molecule has 0 aliphatic rings. The molecule has 2 nitrogen and oxygen atoms in total. The Hall–Kier alpha value is -1.59. The maximum atomic E-state index is 13.2. The van der Waals surface area contributed by atoms with Gasteiger partial charge in [0.2, 0.25) is 0 Å². The molecule has 1 N–H and O–H groups in total. The van der Waals surface area contributed by atoms with Crippen LogP contribution in [0.2, 0.25) is 0 Å². The Balaban J connectivity index is 3.56. The highest BCUT2D eigenvalue weighted by atomic mass is 19.2. The first kappa shape index (κ1) is 12.5. The van der Waals surface area contributed by atoms with Crippen molar-refractivity contribution in [3.8, 4) is 0 Å². The van der Waals surface area contributed by atoms with Crippen molar-refractivity contribution in [1.82, 2.24) is 0 Å². The molecule has 0 unspecified atom stereocenters. The minimum atomic E-state index is -2.05. The number of hydrogen-bond acceptors (Lipinski definition) is 1. The van der Waals surface area contributed by atoms with E-state index in [1.165, 1.54) is 0 Å². The van der Waals surface area contributed by atoms with Crippen molar-refractivity contribution in [2.75, 3.05) is 0 Å². The average Bonchev–Trinajstić information content (AvgIpc) is 2.21. The second-order valence-corrected chi connectivity index (χ2v) is 3.16. The molecule has 0 aliphatic heterocycles. The van der Waals surface area contributed by atoms with Crippen molar-refractivity contribution in [2.45, 2.75) is 19.8 Å². The molecule has 0 aromatic heterocycles. The molecule has 0 atom stereocenters. The van der Waals surface area contributed by atoms with E-state index >= 15 is 0 Å². The maximum Gasteiger partial charge on any atom is 0.341 e. The number of halogens is 4. The molecule has 0 amide bonds. The average molecular weight is 236 g/mol. The molecule has 1 aromatic rings. The molecule has 1 rings (SSSR count). The molecule has 0 saturated carbocycles. The Kier molecular flexibility index (Phi) is 3.51. The molecule has 0 fully saturated rings. The third kappa shape index (κ3) is 1.87. The predicted octanol–water partition coefficient (Wildman–Crippen LogP) is 2.89. The first-order chi connectivity index (χ1) is 7.41. The summed E-state index contributed by atoms with van der Waals surface area (Å²) >= 11 is 0. The number of rotatable bonds is 3. The Morgan fingerprint density at radius 2 is 1.50 bits per heavy atom. The van der Waals surface area contributed by atoms with Crippen molar-refractivity contribution < 1.29 is 27.5 Å². The zero-order chi connectivity index (χ0) is 12.5. The van der Waals surface area contributed by atoms with Gasteiger partial charge >= 0.3 is 5.97 Å². The van der Waals surface area contributed by atoms with Gasteiger partial charge in [0, 0.05) is 5.56 Å². The fraction of sp³-hybridized carbons (Fsp3) is 0.300. The summed E-state index contributed by atoms with van der Waals surface area (Å²) in [6.45, 7) is 1.57. The topological polar surface area (TPSA) is 37.3 Å². The van der Waals surface area contributed by atoms with E-state index in [-0.39, 0.29) is 12.8 Å². The lowest BCUT2D eigenvalue weighted by molar-refractivity contribution is 0.0683. The summed E-state index contributed by atoms with van der Waals surface area (Å²) in [5, 5.41) is 8.40. The van der Waals surface area contributed by atoms with Crippen LogP contribution in [0, 0.1) is 23.3 Å². The summed E-state index contributed by atoms with van der Waals surface area (Å²) in [6.07, 6.45) is 0.0740. The molecular weight excluding hydrogens is 228 g/mol. The van der Waals surface area contributed by atoms with E-state index < -0.39 is 40.4 Å². The third-order valence-corrected chi connectivity index (χ3v) is 2.07. The van der Waals surface area contributed by atoms with Crippen molar-refractivity contribution in [2.24, 2.45) is 0 Å². The highest BCUT2D eigenvalue weighted by Gasteiger charge is 2.28. The van der Waals surface area contributed by atoms with Crippen LogP contribution in [0.4, 0.5) is 17.6 Å². The first-order valence-electron chi connectivity index (χ1n) is 4.49. The van der Waals surface area contributed by atoms with Crippen molar-refractivity contribution in [1.29, 1.82) is 0 Å². The summed E-state index contributed by atoms with van der Waals surface area (Å²) in [5.74, 6) is -9.06. The zero-order valence-electron chi connectivity index (χ0n) is 8.28. The van der Waals surface area contributed by atoms with Crippen LogP contribution in [-0.2, 0) is 6.42 Å². The largest absolute Gasteiger partial charge is 0.477 e. The van der Waals surface area contributed by atoms with Gasteiger partial charge in [-0.15, -0.1) is 0 Å². The van der Waals surface area contributed by atoms with E-state index in [2.05, 4.69) is 0 Å². The van der Waals surface area contributed by atoms with Gasteiger partial charge in [-0.25, -0.2) is 22.4 Å². The summed E-state index contributed by atoms with van der Waals surface area (Å²) in [6, 6.07) is 0. The molecule has 0 saturated heterocycles. The van der Waals surface area contributed by atoms with E-state index in [0.717, 1.165) is 0 Å². The number of hydrogen-bond donors (Lipinski definition) is 1. The van der Waals surface area contributed by atoms with Gasteiger partial charge in [-0.3, -0.25) is 0 Å². The Morgan fingerprint density at radius 1 is 1.06 bits per heavy atom. The number of carboxylic acid groups (broad SMARTS) is 1.